The molecule has 0 aromatic carbocycles. The maximum atomic E-state index is 13.1. The Bertz CT molecular complexity index is 632. The molecule has 218 valence electrons. The highest BCUT2D eigenvalue weighted by molar-refractivity contribution is 5.90. The standard InChI is InChI=1S/C30H56O7/c1-18(2)24(19(3)4)15-35-27(31)13-30(34,29(33)37-17-26(22(9)10)23(11)12)14-28(32)36-16-25(20(5)6)21(7)8/h18-26,34H,13-17H2,1-12H3. The molecule has 0 amide bonds. The van der Waals surface area contributed by atoms with Gasteiger partial charge >= 0.3 is 17.9 Å². The molecule has 0 fully saturated rings. The monoisotopic (exact) mass is 528 g/mol. The van der Waals surface area contributed by atoms with Crippen LogP contribution in [0, 0.1) is 53.3 Å². The number of aliphatic hydroxyl groups is 1. The molecule has 0 aromatic heterocycles. The van der Waals surface area contributed by atoms with Crippen molar-refractivity contribution in [3.63, 3.8) is 0 Å². The lowest BCUT2D eigenvalue weighted by Crippen LogP contribution is -2.46. The van der Waals surface area contributed by atoms with E-state index in [2.05, 4.69) is 55.4 Å². The molecular formula is C30H56O7. The first-order valence-corrected chi connectivity index (χ1v) is 14.1. The van der Waals surface area contributed by atoms with Gasteiger partial charge in [0, 0.05) is 0 Å². The second kappa shape index (κ2) is 16.4. The highest BCUT2D eigenvalue weighted by atomic mass is 16.6. The van der Waals surface area contributed by atoms with Crippen LogP contribution in [-0.2, 0) is 28.6 Å². The van der Waals surface area contributed by atoms with Crippen molar-refractivity contribution < 1.29 is 33.7 Å². The highest BCUT2D eigenvalue weighted by Gasteiger charge is 2.44. The predicted molar refractivity (Wildman–Crippen MR) is 147 cm³/mol. The Morgan fingerprint density at radius 3 is 1.00 bits per heavy atom. The summed E-state index contributed by atoms with van der Waals surface area (Å²) < 4.78 is 16.4. The summed E-state index contributed by atoms with van der Waals surface area (Å²) >= 11 is 0. The molecule has 0 aromatic rings. The maximum absolute atomic E-state index is 13.1. The smallest absolute Gasteiger partial charge is 0.339 e. The second-order valence-corrected chi connectivity index (χ2v) is 12.8. The van der Waals surface area contributed by atoms with Crippen molar-refractivity contribution in [3.8, 4) is 0 Å². The Balaban J connectivity index is 5.60. The Labute approximate surface area is 226 Å². The molecule has 0 aliphatic carbocycles. The number of carbonyl (C=O) groups is 3. The topological polar surface area (TPSA) is 99.1 Å². The lowest BCUT2D eigenvalue weighted by Gasteiger charge is -2.29. The fraction of sp³-hybridized carbons (Fsp3) is 0.900. The zero-order valence-corrected chi connectivity index (χ0v) is 25.6. The molecule has 0 atom stereocenters. The van der Waals surface area contributed by atoms with E-state index in [0.717, 1.165) is 0 Å². The summed E-state index contributed by atoms with van der Waals surface area (Å²) in [4.78, 5) is 38.6. The van der Waals surface area contributed by atoms with E-state index in [1.54, 1.807) is 0 Å². The quantitative estimate of drug-likeness (QED) is 0.185. The van der Waals surface area contributed by atoms with Gasteiger partial charge in [-0.2, -0.15) is 0 Å². The van der Waals surface area contributed by atoms with Gasteiger partial charge < -0.3 is 19.3 Å². The number of esters is 3. The van der Waals surface area contributed by atoms with Gasteiger partial charge in [-0.1, -0.05) is 83.1 Å². The Morgan fingerprint density at radius 1 is 0.514 bits per heavy atom. The molecule has 0 saturated carbocycles. The van der Waals surface area contributed by atoms with Crippen LogP contribution in [0.1, 0.15) is 95.9 Å². The van der Waals surface area contributed by atoms with E-state index in [9.17, 15) is 19.5 Å². The number of hydrogen-bond acceptors (Lipinski definition) is 7. The van der Waals surface area contributed by atoms with Gasteiger partial charge in [0.1, 0.15) is 0 Å². The average Bonchev–Trinajstić information content (AvgIpc) is 2.72. The fourth-order valence-corrected chi connectivity index (χ4v) is 4.94. The zero-order chi connectivity index (χ0) is 29.1. The van der Waals surface area contributed by atoms with E-state index < -0.39 is 36.4 Å². The van der Waals surface area contributed by atoms with Gasteiger partial charge in [-0.25, -0.2) is 4.79 Å². The second-order valence-electron chi connectivity index (χ2n) is 12.8. The molecule has 7 nitrogen and oxygen atoms in total. The number of ether oxygens (including phenoxy) is 3. The van der Waals surface area contributed by atoms with Crippen LogP contribution in [0.5, 0.6) is 0 Å². The third kappa shape index (κ3) is 12.6. The largest absolute Gasteiger partial charge is 0.465 e. The van der Waals surface area contributed by atoms with Crippen LogP contribution >= 0.6 is 0 Å². The van der Waals surface area contributed by atoms with E-state index in [-0.39, 0.29) is 49.4 Å². The first-order valence-electron chi connectivity index (χ1n) is 14.1. The molecule has 0 spiro atoms. The maximum Gasteiger partial charge on any atom is 0.339 e. The summed E-state index contributed by atoms with van der Waals surface area (Å²) in [6.07, 6.45) is -1.34. The third-order valence-electron chi connectivity index (χ3n) is 7.67. The minimum atomic E-state index is -2.36. The number of hydrogen-bond donors (Lipinski definition) is 1. The van der Waals surface area contributed by atoms with Crippen LogP contribution < -0.4 is 0 Å². The molecule has 0 rings (SSSR count). The van der Waals surface area contributed by atoms with Gasteiger partial charge in [0.05, 0.1) is 32.7 Å². The summed E-state index contributed by atoms with van der Waals surface area (Å²) in [7, 11) is 0. The van der Waals surface area contributed by atoms with Gasteiger partial charge in [0.2, 0.25) is 0 Å². The van der Waals surface area contributed by atoms with Crippen LogP contribution in [0.3, 0.4) is 0 Å². The molecule has 0 heterocycles. The SMILES string of the molecule is CC(C)C(COC(=O)CC(O)(CC(=O)OCC(C(C)C)C(C)C)C(=O)OCC(C(C)C)C(C)C)C(C)C. The molecule has 7 heteroatoms. The van der Waals surface area contributed by atoms with Gasteiger partial charge in [-0.05, 0) is 53.3 Å². The molecule has 0 bridgehead atoms. The number of rotatable bonds is 17. The van der Waals surface area contributed by atoms with E-state index >= 15 is 0 Å². The van der Waals surface area contributed by atoms with Crippen molar-refractivity contribution in [1.82, 2.24) is 0 Å². The molecule has 37 heavy (non-hydrogen) atoms. The van der Waals surface area contributed by atoms with Gasteiger partial charge in [-0.15, -0.1) is 0 Å². The summed E-state index contributed by atoms with van der Waals surface area (Å²) in [5.74, 6) is -0.453. The fourth-order valence-electron chi connectivity index (χ4n) is 4.94. The third-order valence-corrected chi connectivity index (χ3v) is 7.67. The number of carbonyl (C=O) groups excluding carboxylic acids is 3. The molecule has 0 aliphatic heterocycles. The van der Waals surface area contributed by atoms with Crippen molar-refractivity contribution in [3.05, 3.63) is 0 Å². The Morgan fingerprint density at radius 2 is 0.757 bits per heavy atom. The van der Waals surface area contributed by atoms with Crippen LogP contribution in [0.25, 0.3) is 0 Å². The van der Waals surface area contributed by atoms with Crippen molar-refractivity contribution in [1.29, 1.82) is 0 Å². The van der Waals surface area contributed by atoms with Crippen molar-refractivity contribution >= 4 is 17.9 Å². The van der Waals surface area contributed by atoms with Crippen LogP contribution in [0.15, 0.2) is 0 Å². The molecule has 0 unspecified atom stereocenters. The molecule has 1 N–H and O–H groups in total. The molecule has 0 radical (unpaired) electrons. The van der Waals surface area contributed by atoms with Gasteiger partial charge in [0.15, 0.2) is 5.60 Å². The summed E-state index contributed by atoms with van der Waals surface area (Å²) in [6.45, 7) is 25.1. The van der Waals surface area contributed by atoms with Crippen LogP contribution in [0.2, 0.25) is 0 Å². The first-order chi connectivity index (χ1) is 16.9. The molecule has 0 aliphatic rings. The van der Waals surface area contributed by atoms with E-state index in [1.165, 1.54) is 0 Å². The van der Waals surface area contributed by atoms with E-state index in [4.69, 9.17) is 14.2 Å². The Hall–Kier alpha value is -1.63. The molecule has 0 saturated heterocycles. The highest BCUT2D eigenvalue weighted by Crippen LogP contribution is 2.27. The first kappa shape index (κ1) is 35.4. The van der Waals surface area contributed by atoms with E-state index in [1.807, 2.05) is 27.7 Å². The summed E-state index contributed by atoms with van der Waals surface area (Å²) in [5, 5.41) is 11.3. The summed E-state index contributed by atoms with van der Waals surface area (Å²) in [5.41, 5.74) is -2.36. The van der Waals surface area contributed by atoms with Crippen molar-refractivity contribution in [2.24, 2.45) is 53.3 Å². The minimum absolute atomic E-state index is 0.0720. The lowest BCUT2D eigenvalue weighted by atomic mass is 9.86. The zero-order valence-electron chi connectivity index (χ0n) is 25.6. The van der Waals surface area contributed by atoms with Gasteiger partial charge in [0.25, 0.3) is 0 Å². The average molecular weight is 529 g/mol. The van der Waals surface area contributed by atoms with Gasteiger partial charge in [-0.3, -0.25) is 9.59 Å². The minimum Gasteiger partial charge on any atom is -0.465 e. The van der Waals surface area contributed by atoms with Crippen LogP contribution in [-0.4, -0.2) is 48.4 Å². The Kier molecular flexibility index (Phi) is 15.6. The predicted octanol–water partition coefficient (Wildman–Crippen LogP) is 5.91. The molecular weight excluding hydrogens is 472 g/mol. The summed E-state index contributed by atoms with van der Waals surface area (Å²) in [6, 6.07) is 0. The van der Waals surface area contributed by atoms with Crippen molar-refractivity contribution in [2.75, 3.05) is 19.8 Å². The lowest BCUT2D eigenvalue weighted by molar-refractivity contribution is -0.180. The van der Waals surface area contributed by atoms with E-state index in [0.29, 0.717) is 23.7 Å². The van der Waals surface area contributed by atoms with Crippen LogP contribution in [0.4, 0.5) is 0 Å². The normalized spacial score (nSPS) is 12.8. The van der Waals surface area contributed by atoms with Crippen molar-refractivity contribution in [2.45, 2.75) is 102 Å².